The van der Waals surface area contributed by atoms with Crippen molar-refractivity contribution in [3.05, 3.63) is 35.4 Å². The number of aromatic nitrogens is 1. The molecule has 2 atom stereocenters. The van der Waals surface area contributed by atoms with Gasteiger partial charge >= 0.3 is 0 Å². The summed E-state index contributed by atoms with van der Waals surface area (Å²) in [6, 6.07) is 8.90. The Morgan fingerprint density at radius 1 is 1.20 bits per heavy atom. The summed E-state index contributed by atoms with van der Waals surface area (Å²) in [5, 5.41) is 4.83. The highest BCUT2D eigenvalue weighted by Crippen LogP contribution is 2.30. The maximum atomic E-state index is 12.4. The highest BCUT2D eigenvalue weighted by Gasteiger charge is 2.32. The van der Waals surface area contributed by atoms with Crippen LogP contribution in [0.5, 0.6) is 0 Å². The number of pyridine rings is 1. The van der Waals surface area contributed by atoms with Gasteiger partial charge in [-0.15, -0.1) is 0 Å². The molecule has 5 heteroatoms. The second kappa shape index (κ2) is 9.44. The van der Waals surface area contributed by atoms with Crippen molar-refractivity contribution in [2.45, 2.75) is 64.5 Å². The standard InChI is InChI=1S/C25H35N3O2/c1-17-9-10-23-20(13-17)14-22(18(2)29)25(27-23)28-12-11-19(24(16-28)30-3)15-26-21-7-5-4-6-8-21/h9-10,13-14,19,21,24,26H,4-8,11-12,15-16H2,1-3H3. The first-order valence-electron chi connectivity index (χ1n) is 11.5. The fraction of sp³-hybridized carbons (Fsp3) is 0.600. The summed E-state index contributed by atoms with van der Waals surface area (Å²) in [7, 11) is 1.81. The van der Waals surface area contributed by atoms with Crippen molar-refractivity contribution in [3.8, 4) is 0 Å². The summed E-state index contributed by atoms with van der Waals surface area (Å²) in [4.78, 5) is 19.6. The van der Waals surface area contributed by atoms with E-state index in [9.17, 15) is 4.79 Å². The fourth-order valence-corrected chi connectivity index (χ4v) is 5.07. The van der Waals surface area contributed by atoms with E-state index in [1.165, 1.54) is 37.7 Å². The number of anilines is 1. The van der Waals surface area contributed by atoms with Crippen molar-refractivity contribution in [1.82, 2.24) is 10.3 Å². The minimum atomic E-state index is 0.0657. The van der Waals surface area contributed by atoms with Gasteiger partial charge in [0.25, 0.3) is 0 Å². The Kier molecular flexibility index (Phi) is 6.69. The number of rotatable bonds is 6. The molecular formula is C25H35N3O2. The van der Waals surface area contributed by atoms with Crippen LogP contribution in [0.1, 0.15) is 61.4 Å². The number of piperidine rings is 1. The van der Waals surface area contributed by atoms with Gasteiger partial charge < -0.3 is 15.0 Å². The fourth-order valence-electron chi connectivity index (χ4n) is 5.07. The number of ketones is 1. The van der Waals surface area contributed by atoms with E-state index in [1.807, 2.05) is 19.2 Å². The zero-order chi connectivity index (χ0) is 21.1. The summed E-state index contributed by atoms with van der Waals surface area (Å²) in [5.41, 5.74) is 2.83. The molecule has 2 unspecified atom stereocenters. The van der Waals surface area contributed by atoms with Crippen LogP contribution >= 0.6 is 0 Å². The van der Waals surface area contributed by atoms with Crippen LogP contribution in [-0.4, -0.2) is 49.7 Å². The maximum Gasteiger partial charge on any atom is 0.163 e. The molecule has 2 heterocycles. The largest absolute Gasteiger partial charge is 0.379 e. The molecule has 0 spiro atoms. The van der Waals surface area contributed by atoms with Gasteiger partial charge in [-0.3, -0.25) is 4.79 Å². The molecule has 2 fully saturated rings. The van der Waals surface area contributed by atoms with Crippen LogP contribution in [0.2, 0.25) is 0 Å². The molecule has 5 nitrogen and oxygen atoms in total. The van der Waals surface area contributed by atoms with Crippen molar-refractivity contribution in [2.24, 2.45) is 5.92 Å². The molecule has 162 valence electrons. The highest BCUT2D eigenvalue weighted by atomic mass is 16.5. The van der Waals surface area contributed by atoms with Crippen LogP contribution in [0.4, 0.5) is 5.82 Å². The normalized spacial score (nSPS) is 23.1. The first-order valence-corrected chi connectivity index (χ1v) is 11.5. The lowest BCUT2D eigenvalue weighted by molar-refractivity contribution is 0.0407. The number of hydrogen-bond donors (Lipinski definition) is 1. The summed E-state index contributed by atoms with van der Waals surface area (Å²) >= 11 is 0. The van der Waals surface area contributed by atoms with Crippen LogP contribution < -0.4 is 10.2 Å². The smallest absolute Gasteiger partial charge is 0.163 e. The van der Waals surface area contributed by atoms with E-state index < -0.39 is 0 Å². The zero-order valence-electron chi connectivity index (χ0n) is 18.6. The van der Waals surface area contributed by atoms with Crippen LogP contribution in [-0.2, 0) is 4.74 Å². The lowest BCUT2D eigenvalue weighted by Crippen LogP contribution is -2.49. The average molecular weight is 410 g/mol. The summed E-state index contributed by atoms with van der Waals surface area (Å²) in [6.45, 7) is 6.40. The Bertz CT molecular complexity index is 891. The molecule has 30 heavy (non-hydrogen) atoms. The Labute approximate surface area is 180 Å². The molecule has 1 aliphatic heterocycles. The van der Waals surface area contributed by atoms with Gasteiger partial charge in [-0.25, -0.2) is 4.98 Å². The number of carbonyl (C=O) groups is 1. The van der Waals surface area contributed by atoms with Gasteiger partial charge in [-0.2, -0.15) is 0 Å². The molecule has 2 aliphatic rings. The van der Waals surface area contributed by atoms with E-state index in [4.69, 9.17) is 9.72 Å². The van der Waals surface area contributed by atoms with E-state index in [2.05, 4.69) is 29.3 Å². The number of methoxy groups -OCH3 is 1. The minimum absolute atomic E-state index is 0.0657. The van der Waals surface area contributed by atoms with E-state index in [1.54, 1.807) is 6.92 Å². The summed E-state index contributed by atoms with van der Waals surface area (Å²) in [5.74, 6) is 1.37. The van der Waals surface area contributed by atoms with Crippen molar-refractivity contribution < 1.29 is 9.53 Å². The average Bonchev–Trinajstić information content (AvgIpc) is 2.77. The molecule has 0 amide bonds. The molecule has 1 N–H and O–H groups in total. The first-order chi connectivity index (χ1) is 14.5. The second-order valence-corrected chi connectivity index (χ2v) is 9.12. The molecule has 1 aliphatic carbocycles. The van der Waals surface area contributed by atoms with Gasteiger partial charge in [0, 0.05) is 44.1 Å². The Balaban J connectivity index is 1.50. The molecular weight excluding hydrogens is 374 g/mol. The molecule has 0 bridgehead atoms. The number of ether oxygens (including phenoxy) is 1. The van der Waals surface area contributed by atoms with Crippen molar-refractivity contribution in [1.29, 1.82) is 0 Å². The van der Waals surface area contributed by atoms with Crippen LogP contribution in [0, 0.1) is 12.8 Å². The Morgan fingerprint density at radius 2 is 2.00 bits per heavy atom. The van der Waals surface area contributed by atoms with Gasteiger partial charge in [0.15, 0.2) is 5.78 Å². The number of carbonyl (C=O) groups excluding carboxylic acids is 1. The molecule has 1 aromatic carbocycles. The lowest BCUT2D eigenvalue weighted by atomic mass is 9.91. The molecule has 1 saturated carbocycles. The first kappa shape index (κ1) is 21.3. The van der Waals surface area contributed by atoms with E-state index >= 15 is 0 Å². The number of aryl methyl sites for hydroxylation is 1. The zero-order valence-corrected chi connectivity index (χ0v) is 18.6. The van der Waals surface area contributed by atoms with Crippen molar-refractivity contribution in [3.63, 3.8) is 0 Å². The topological polar surface area (TPSA) is 54.5 Å². The van der Waals surface area contributed by atoms with Gasteiger partial charge in [0.05, 0.1) is 17.2 Å². The van der Waals surface area contributed by atoms with Crippen molar-refractivity contribution >= 4 is 22.5 Å². The molecule has 2 aromatic rings. The quantitative estimate of drug-likeness (QED) is 0.712. The SMILES string of the molecule is COC1CN(c2nc3ccc(C)cc3cc2C(C)=O)CCC1CNC1CCCCC1. The third-order valence-corrected chi connectivity index (χ3v) is 6.90. The van der Waals surface area contributed by atoms with Crippen LogP contribution in [0.15, 0.2) is 24.3 Å². The van der Waals surface area contributed by atoms with Gasteiger partial charge in [-0.05, 0) is 51.3 Å². The second-order valence-electron chi connectivity index (χ2n) is 9.12. The Hall–Kier alpha value is -1.98. The van der Waals surface area contributed by atoms with Crippen LogP contribution in [0.3, 0.4) is 0 Å². The molecule has 1 aromatic heterocycles. The predicted octanol–water partition coefficient (Wildman–Crippen LogP) is 4.51. The maximum absolute atomic E-state index is 12.4. The van der Waals surface area contributed by atoms with E-state index in [0.29, 0.717) is 17.5 Å². The van der Waals surface area contributed by atoms with E-state index in [0.717, 1.165) is 42.8 Å². The molecule has 0 radical (unpaired) electrons. The number of Topliss-reactive ketones (excluding diaryl/α,β-unsaturated/α-hetero) is 1. The van der Waals surface area contributed by atoms with Crippen LogP contribution in [0.25, 0.3) is 10.9 Å². The third-order valence-electron chi connectivity index (χ3n) is 6.90. The number of nitrogens with one attached hydrogen (secondary N) is 1. The van der Waals surface area contributed by atoms with Gasteiger partial charge in [0.2, 0.25) is 0 Å². The number of benzene rings is 1. The van der Waals surface area contributed by atoms with Gasteiger partial charge in [-0.1, -0.05) is 30.9 Å². The highest BCUT2D eigenvalue weighted by molar-refractivity contribution is 6.02. The Morgan fingerprint density at radius 3 is 2.73 bits per heavy atom. The summed E-state index contributed by atoms with van der Waals surface area (Å²) in [6.07, 6.45) is 7.88. The molecule has 4 rings (SSSR count). The number of nitrogens with zero attached hydrogens (tertiary/aromatic N) is 2. The minimum Gasteiger partial charge on any atom is -0.379 e. The third kappa shape index (κ3) is 4.68. The van der Waals surface area contributed by atoms with Crippen molar-refractivity contribution in [2.75, 3.05) is 31.6 Å². The predicted molar refractivity (Wildman–Crippen MR) is 122 cm³/mol. The number of hydrogen-bond acceptors (Lipinski definition) is 5. The summed E-state index contributed by atoms with van der Waals surface area (Å²) < 4.78 is 5.90. The lowest BCUT2D eigenvalue weighted by Gasteiger charge is -2.39. The number of fused-ring (bicyclic) bond motifs is 1. The van der Waals surface area contributed by atoms with E-state index in [-0.39, 0.29) is 11.9 Å². The monoisotopic (exact) mass is 409 g/mol. The molecule has 1 saturated heterocycles. The van der Waals surface area contributed by atoms with Gasteiger partial charge in [0.1, 0.15) is 5.82 Å².